The van der Waals surface area contributed by atoms with Crippen LogP contribution in [-0.4, -0.2) is 11.8 Å². The molecule has 15 heavy (non-hydrogen) atoms. The number of hydrogen-bond donors (Lipinski definition) is 1. The lowest BCUT2D eigenvalue weighted by atomic mass is 10.0. The minimum atomic E-state index is 0.0251. The smallest absolute Gasteiger partial charge is 0.221 e. The van der Waals surface area contributed by atoms with Gasteiger partial charge in [0.1, 0.15) is 0 Å². The fraction of sp³-hybridized carbons (Fsp3) is 0.545. The highest BCUT2D eigenvalue weighted by atomic mass is 35.5. The average molecular weight is 246 g/mol. The first-order valence-corrected chi connectivity index (χ1v) is 6.45. The van der Waals surface area contributed by atoms with E-state index in [4.69, 9.17) is 11.6 Å². The maximum atomic E-state index is 11.5. The molecule has 0 saturated heterocycles. The molecule has 0 aliphatic heterocycles. The van der Waals surface area contributed by atoms with E-state index in [0.717, 1.165) is 0 Å². The highest BCUT2D eigenvalue weighted by Crippen LogP contribution is 2.25. The summed E-state index contributed by atoms with van der Waals surface area (Å²) in [6.45, 7) is 4.21. The van der Waals surface area contributed by atoms with Crippen molar-refractivity contribution in [2.45, 2.75) is 26.3 Å². The van der Waals surface area contributed by atoms with Crippen molar-refractivity contribution < 1.29 is 4.79 Å². The van der Waals surface area contributed by atoms with Crippen LogP contribution in [0.3, 0.4) is 0 Å². The zero-order valence-corrected chi connectivity index (χ0v) is 10.6. The largest absolute Gasteiger partial charge is 0.348 e. The molecule has 1 heterocycles. The molecule has 1 amide bonds. The van der Waals surface area contributed by atoms with Crippen molar-refractivity contribution in [3.8, 4) is 0 Å². The normalized spacial score (nSPS) is 12.8. The standard InChI is InChI=1S/C11H16ClNOS/c1-8(2)11(9-4-3-7-15-9)13-10(14)5-6-12/h3-4,7-8,11H,5-6H2,1-2H3,(H,13,14). The van der Waals surface area contributed by atoms with Crippen molar-refractivity contribution in [1.82, 2.24) is 5.32 Å². The van der Waals surface area contributed by atoms with Crippen LogP contribution in [-0.2, 0) is 4.79 Å². The third-order valence-corrected chi connectivity index (χ3v) is 3.30. The van der Waals surface area contributed by atoms with E-state index < -0.39 is 0 Å². The Morgan fingerprint density at radius 3 is 2.80 bits per heavy atom. The summed E-state index contributed by atoms with van der Waals surface area (Å²) in [6.07, 6.45) is 0.385. The van der Waals surface area contributed by atoms with Crippen LogP contribution in [0.5, 0.6) is 0 Å². The van der Waals surface area contributed by atoms with Gasteiger partial charge in [-0.05, 0) is 17.4 Å². The van der Waals surface area contributed by atoms with Crippen molar-refractivity contribution in [1.29, 1.82) is 0 Å². The Kier molecular flexibility index (Phi) is 5.12. The number of rotatable bonds is 5. The van der Waals surface area contributed by atoms with E-state index in [1.54, 1.807) is 11.3 Å². The highest BCUT2D eigenvalue weighted by molar-refractivity contribution is 7.10. The van der Waals surface area contributed by atoms with Gasteiger partial charge in [0.15, 0.2) is 0 Å². The second-order valence-corrected chi connectivity index (χ2v) is 5.10. The Morgan fingerprint density at radius 2 is 2.33 bits per heavy atom. The Labute approximate surface area is 99.6 Å². The number of carbonyl (C=O) groups excluding carboxylic acids is 1. The molecule has 0 radical (unpaired) electrons. The number of nitrogens with one attached hydrogen (secondary N) is 1. The molecule has 0 aliphatic carbocycles. The zero-order valence-electron chi connectivity index (χ0n) is 9.00. The average Bonchev–Trinajstić information content (AvgIpc) is 2.66. The van der Waals surface area contributed by atoms with Gasteiger partial charge in [0.05, 0.1) is 6.04 Å². The first-order chi connectivity index (χ1) is 7.15. The molecule has 1 atom stereocenters. The van der Waals surface area contributed by atoms with Gasteiger partial charge in [0, 0.05) is 17.2 Å². The molecule has 0 aliphatic rings. The van der Waals surface area contributed by atoms with E-state index in [9.17, 15) is 4.79 Å². The van der Waals surface area contributed by atoms with Gasteiger partial charge in [-0.1, -0.05) is 19.9 Å². The third kappa shape index (κ3) is 3.84. The molecule has 1 unspecified atom stereocenters. The second kappa shape index (κ2) is 6.13. The predicted molar refractivity (Wildman–Crippen MR) is 65.4 cm³/mol. The van der Waals surface area contributed by atoms with Gasteiger partial charge in [-0.15, -0.1) is 22.9 Å². The summed E-state index contributed by atoms with van der Waals surface area (Å²) in [6, 6.07) is 4.17. The Morgan fingerprint density at radius 1 is 1.60 bits per heavy atom. The van der Waals surface area contributed by atoms with Gasteiger partial charge >= 0.3 is 0 Å². The van der Waals surface area contributed by atoms with Crippen LogP contribution in [0.2, 0.25) is 0 Å². The van der Waals surface area contributed by atoms with Crippen LogP contribution in [0, 0.1) is 5.92 Å². The molecule has 2 nitrogen and oxygen atoms in total. The molecular weight excluding hydrogens is 230 g/mol. The van der Waals surface area contributed by atoms with Crippen LogP contribution in [0.25, 0.3) is 0 Å². The molecule has 0 aromatic carbocycles. The zero-order chi connectivity index (χ0) is 11.3. The summed E-state index contributed by atoms with van der Waals surface area (Å²) in [5.41, 5.74) is 0. The quantitative estimate of drug-likeness (QED) is 0.794. The van der Waals surface area contributed by atoms with Crippen molar-refractivity contribution >= 4 is 28.8 Å². The molecule has 0 fully saturated rings. The molecule has 0 spiro atoms. The highest BCUT2D eigenvalue weighted by Gasteiger charge is 2.18. The lowest BCUT2D eigenvalue weighted by molar-refractivity contribution is -0.121. The molecule has 4 heteroatoms. The summed E-state index contributed by atoms with van der Waals surface area (Å²) in [5, 5.41) is 5.03. The molecule has 1 rings (SSSR count). The number of carbonyl (C=O) groups is 1. The van der Waals surface area contributed by atoms with Gasteiger partial charge in [-0.2, -0.15) is 0 Å². The van der Waals surface area contributed by atoms with Crippen LogP contribution in [0.1, 0.15) is 31.2 Å². The van der Waals surface area contributed by atoms with E-state index in [2.05, 4.69) is 25.2 Å². The molecule has 0 saturated carbocycles. The lowest BCUT2D eigenvalue weighted by Crippen LogP contribution is -2.31. The number of alkyl halides is 1. The fourth-order valence-electron chi connectivity index (χ4n) is 1.37. The summed E-state index contributed by atoms with van der Waals surface area (Å²) in [5.74, 6) is 0.793. The Balaban J connectivity index is 2.64. The molecule has 84 valence electrons. The molecular formula is C11H16ClNOS. The van der Waals surface area contributed by atoms with Gasteiger partial charge in [0.25, 0.3) is 0 Å². The maximum Gasteiger partial charge on any atom is 0.221 e. The molecule has 1 aromatic rings. The topological polar surface area (TPSA) is 29.1 Å². The van der Waals surface area contributed by atoms with E-state index in [1.165, 1.54) is 4.88 Å². The molecule has 1 aromatic heterocycles. The molecule has 1 N–H and O–H groups in total. The van der Waals surface area contributed by atoms with Crippen molar-refractivity contribution in [2.75, 3.05) is 5.88 Å². The van der Waals surface area contributed by atoms with Crippen LogP contribution in [0.15, 0.2) is 17.5 Å². The van der Waals surface area contributed by atoms with E-state index in [-0.39, 0.29) is 11.9 Å². The van der Waals surface area contributed by atoms with Crippen LogP contribution < -0.4 is 5.32 Å². The number of halogens is 1. The van der Waals surface area contributed by atoms with Crippen LogP contribution >= 0.6 is 22.9 Å². The fourth-order valence-corrected chi connectivity index (χ4v) is 2.49. The van der Waals surface area contributed by atoms with E-state index >= 15 is 0 Å². The van der Waals surface area contributed by atoms with Gasteiger partial charge in [-0.3, -0.25) is 4.79 Å². The van der Waals surface area contributed by atoms with Gasteiger partial charge < -0.3 is 5.32 Å². The first kappa shape index (κ1) is 12.5. The minimum Gasteiger partial charge on any atom is -0.348 e. The van der Waals surface area contributed by atoms with Crippen molar-refractivity contribution in [2.24, 2.45) is 5.92 Å². The lowest BCUT2D eigenvalue weighted by Gasteiger charge is -2.21. The number of thiophene rings is 1. The first-order valence-electron chi connectivity index (χ1n) is 5.04. The minimum absolute atomic E-state index is 0.0251. The van der Waals surface area contributed by atoms with E-state index in [0.29, 0.717) is 18.2 Å². The van der Waals surface area contributed by atoms with Crippen molar-refractivity contribution in [3.05, 3.63) is 22.4 Å². The van der Waals surface area contributed by atoms with Gasteiger partial charge in [0.2, 0.25) is 5.91 Å². The third-order valence-electron chi connectivity index (χ3n) is 2.15. The van der Waals surface area contributed by atoms with Gasteiger partial charge in [-0.25, -0.2) is 0 Å². The monoisotopic (exact) mass is 245 g/mol. The summed E-state index contributed by atoms with van der Waals surface area (Å²) in [7, 11) is 0. The second-order valence-electron chi connectivity index (χ2n) is 3.74. The summed E-state index contributed by atoms with van der Waals surface area (Å²) < 4.78 is 0. The molecule has 0 bridgehead atoms. The maximum absolute atomic E-state index is 11.5. The summed E-state index contributed by atoms with van der Waals surface area (Å²) >= 11 is 7.20. The Bertz CT molecular complexity index is 298. The van der Waals surface area contributed by atoms with Crippen molar-refractivity contribution in [3.63, 3.8) is 0 Å². The number of hydrogen-bond acceptors (Lipinski definition) is 2. The predicted octanol–water partition coefficient (Wildman–Crippen LogP) is 3.19. The SMILES string of the molecule is CC(C)C(NC(=O)CCCl)c1cccs1. The summed E-state index contributed by atoms with van der Waals surface area (Å²) in [4.78, 5) is 12.7. The Hall–Kier alpha value is -0.540. The number of amides is 1. The van der Waals surface area contributed by atoms with E-state index in [1.807, 2.05) is 11.4 Å². The van der Waals surface area contributed by atoms with Crippen LogP contribution in [0.4, 0.5) is 0 Å².